The molecule has 4 nitrogen and oxygen atoms in total. The van der Waals surface area contributed by atoms with Crippen LogP contribution in [0.5, 0.6) is 5.75 Å². The molecular weight excluding hydrogens is 228 g/mol. The second-order valence-corrected chi connectivity index (χ2v) is 4.25. The van der Waals surface area contributed by atoms with E-state index in [1.54, 1.807) is 14.2 Å². The van der Waals surface area contributed by atoms with E-state index < -0.39 is 0 Å². The van der Waals surface area contributed by atoms with Crippen molar-refractivity contribution in [1.29, 1.82) is 0 Å². The molecule has 1 aromatic rings. The molecule has 0 aromatic heterocycles. The van der Waals surface area contributed by atoms with Crippen LogP contribution in [0.1, 0.15) is 25.5 Å². The molecule has 0 radical (unpaired) electrons. The van der Waals surface area contributed by atoms with Crippen molar-refractivity contribution in [2.75, 3.05) is 38.8 Å². The van der Waals surface area contributed by atoms with E-state index in [1.807, 2.05) is 19.1 Å². The number of hydrogen-bond acceptors (Lipinski definition) is 4. The number of hydrogen-bond donors (Lipinski definition) is 1. The lowest BCUT2D eigenvalue weighted by Crippen LogP contribution is -2.28. The molecule has 4 heteroatoms. The Kier molecular flexibility index (Phi) is 5.95. The first kappa shape index (κ1) is 14.8. The maximum atomic E-state index is 6.07. The van der Waals surface area contributed by atoms with Gasteiger partial charge in [0.05, 0.1) is 13.7 Å². The van der Waals surface area contributed by atoms with Crippen molar-refractivity contribution in [3.05, 3.63) is 23.8 Å². The van der Waals surface area contributed by atoms with Gasteiger partial charge in [-0.15, -0.1) is 0 Å². The lowest BCUT2D eigenvalue weighted by molar-refractivity contribution is 0.205. The summed E-state index contributed by atoms with van der Waals surface area (Å²) in [5, 5.41) is 0. The van der Waals surface area contributed by atoms with Crippen LogP contribution in [0.4, 0.5) is 5.69 Å². The SMILES string of the molecule is CCN(CCOC)c1cccc(OC)c1C(C)N. The zero-order valence-corrected chi connectivity index (χ0v) is 11.8. The summed E-state index contributed by atoms with van der Waals surface area (Å²) >= 11 is 0. The van der Waals surface area contributed by atoms with Crippen LogP contribution in [0.2, 0.25) is 0 Å². The Labute approximate surface area is 110 Å². The minimum atomic E-state index is -0.0623. The van der Waals surface area contributed by atoms with Gasteiger partial charge in [-0.25, -0.2) is 0 Å². The molecule has 1 atom stereocenters. The third kappa shape index (κ3) is 3.37. The van der Waals surface area contributed by atoms with E-state index in [2.05, 4.69) is 17.9 Å². The van der Waals surface area contributed by atoms with Crippen LogP contribution in [-0.2, 0) is 4.74 Å². The molecule has 0 amide bonds. The summed E-state index contributed by atoms with van der Waals surface area (Å²) in [5.41, 5.74) is 8.26. The molecule has 0 saturated carbocycles. The van der Waals surface area contributed by atoms with Crippen LogP contribution in [0.25, 0.3) is 0 Å². The minimum Gasteiger partial charge on any atom is -0.496 e. The lowest BCUT2D eigenvalue weighted by Gasteiger charge is -2.27. The molecule has 0 aliphatic carbocycles. The highest BCUT2D eigenvalue weighted by Crippen LogP contribution is 2.33. The molecule has 1 rings (SSSR count). The summed E-state index contributed by atoms with van der Waals surface area (Å²) in [4.78, 5) is 2.25. The van der Waals surface area contributed by atoms with Crippen molar-refractivity contribution >= 4 is 5.69 Å². The van der Waals surface area contributed by atoms with Gasteiger partial charge in [0.2, 0.25) is 0 Å². The zero-order chi connectivity index (χ0) is 13.5. The fourth-order valence-corrected chi connectivity index (χ4v) is 2.09. The second-order valence-electron chi connectivity index (χ2n) is 4.25. The Balaban J connectivity index is 3.12. The predicted octanol–water partition coefficient (Wildman–Crippen LogP) is 2.19. The van der Waals surface area contributed by atoms with Crippen molar-refractivity contribution in [2.45, 2.75) is 19.9 Å². The average Bonchev–Trinajstić information content (AvgIpc) is 2.38. The summed E-state index contributed by atoms with van der Waals surface area (Å²) in [7, 11) is 3.39. The quantitative estimate of drug-likeness (QED) is 0.808. The minimum absolute atomic E-state index is 0.0623. The maximum Gasteiger partial charge on any atom is 0.125 e. The van der Waals surface area contributed by atoms with Crippen LogP contribution >= 0.6 is 0 Å². The molecule has 0 spiro atoms. The molecule has 0 fully saturated rings. The van der Waals surface area contributed by atoms with Crippen molar-refractivity contribution in [1.82, 2.24) is 0 Å². The molecule has 18 heavy (non-hydrogen) atoms. The monoisotopic (exact) mass is 252 g/mol. The van der Waals surface area contributed by atoms with Crippen molar-refractivity contribution in [2.24, 2.45) is 5.73 Å². The van der Waals surface area contributed by atoms with E-state index in [9.17, 15) is 0 Å². The van der Waals surface area contributed by atoms with Gasteiger partial charge in [0.25, 0.3) is 0 Å². The van der Waals surface area contributed by atoms with Gasteiger partial charge in [0.1, 0.15) is 5.75 Å². The molecule has 0 heterocycles. The van der Waals surface area contributed by atoms with E-state index in [-0.39, 0.29) is 6.04 Å². The Morgan fingerprint density at radius 2 is 2.06 bits per heavy atom. The van der Waals surface area contributed by atoms with E-state index in [1.165, 1.54) is 0 Å². The average molecular weight is 252 g/mol. The Bertz CT molecular complexity index is 367. The highest BCUT2D eigenvalue weighted by Gasteiger charge is 2.16. The normalized spacial score (nSPS) is 12.3. The molecule has 102 valence electrons. The highest BCUT2D eigenvalue weighted by molar-refractivity contribution is 5.60. The highest BCUT2D eigenvalue weighted by atomic mass is 16.5. The van der Waals surface area contributed by atoms with Gasteiger partial charge in [-0.05, 0) is 26.0 Å². The molecule has 2 N–H and O–H groups in total. The fourth-order valence-electron chi connectivity index (χ4n) is 2.09. The van der Waals surface area contributed by atoms with Gasteiger partial charge in [0, 0.05) is 37.5 Å². The fraction of sp³-hybridized carbons (Fsp3) is 0.571. The van der Waals surface area contributed by atoms with E-state index in [0.29, 0.717) is 6.61 Å². The summed E-state index contributed by atoms with van der Waals surface area (Å²) in [6.07, 6.45) is 0. The number of ether oxygens (including phenoxy) is 2. The van der Waals surface area contributed by atoms with Gasteiger partial charge < -0.3 is 20.1 Å². The number of anilines is 1. The molecule has 1 aromatic carbocycles. The van der Waals surface area contributed by atoms with Gasteiger partial charge in [-0.1, -0.05) is 6.07 Å². The standard InChI is InChI=1S/C14H24N2O2/c1-5-16(9-10-17-3)12-7-6-8-13(18-4)14(12)11(2)15/h6-8,11H,5,9-10,15H2,1-4H3. The predicted molar refractivity (Wildman–Crippen MR) is 75.4 cm³/mol. The largest absolute Gasteiger partial charge is 0.496 e. The van der Waals surface area contributed by atoms with Crippen molar-refractivity contribution < 1.29 is 9.47 Å². The molecule has 0 bridgehead atoms. The molecule has 0 aliphatic heterocycles. The number of nitrogens with zero attached hydrogens (tertiary/aromatic N) is 1. The number of benzene rings is 1. The Morgan fingerprint density at radius 1 is 1.33 bits per heavy atom. The summed E-state index contributed by atoms with van der Waals surface area (Å²) in [6.45, 7) is 6.56. The third-order valence-corrected chi connectivity index (χ3v) is 3.01. The van der Waals surface area contributed by atoms with Gasteiger partial charge in [-0.2, -0.15) is 0 Å². The molecule has 0 saturated heterocycles. The Morgan fingerprint density at radius 3 is 2.56 bits per heavy atom. The van der Waals surface area contributed by atoms with E-state index >= 15 is 0 Å². The second kappa shape index (κ2) is 7.24. The van der Waals surface area contributed by atoms with Gasteiger partial charge >= 0.3 is 0 Å². The number of methoxy groups -OCH3 is 2. The van der Waals surface area contributed by atoms with Crippen LogP contribution in [0.3, 0.4) is 0 Å². The summed E-state index contributed by atoms with van der Waals surface area (Å²) in [5.74, 6) is 0.846. The summed E-state index contributed by atoms with van der Waals surface area (Å²) < 4.78 is 10.6. The van der Waals surface area contributed by atoms with Crippen molar-refractivity contribution in [3.8, 4) is 5.75 Å². The lowest BCUT2D eigenvalue weighted by atomic mass is 10.0. The first-order chi connectivity index (χ1) is 8.65. The molecule has 1 unspecified atom stereocenters. The van der Waals surface area contributed by atoms with Crippen LogP contribution in [0, 0.1) is 0 Å². The van der Waals surface area contributed by atoms with E-state index in [4.69, 9.17) is 15.2 Å². The van der Waals surface area contributed by atoms with Crippen LogP contribution in [-0.4, -0.2) is 33.9 Å². The van der Waals surface area contributed by atoms with E-state index in [0.717, 1.165) is 30.1 Å². The number of rotatable bonds is 7. The topological polar surface area (TPSA) is 47.7 Å². The maximum absolute atomic E-state index is 6.07. The van der Waals surface area contributed by atoms with Crippen LogP contribution in [0.15, 0.2) is 18.2 Å². The smallest absolute Gasteiger partial charge is 0.125 e. The van der Waals surface area contributed by atoms with Gasteiger partial charge in [-0.3, -0.25) is 0 Å². The first-order valence-electron chi connectivity index (χ1n) is 6.32. The number of nitrogens with two attached hydrogens (primary N) is 1. The molecular formula is C14H24N2O2. The summed E-state index contributed by atoms with van der Waals surface area (Å²) in [6, 6.07) is 5.97. The third-order valence-electron chi connectivity index (χ3n) is 3.01. The zero-order valence-electron chi connectivity index (χ0n) is 11.8. The molecule has 0 aliphatic rings. The number of likely N-dealkylation sites (N-methyl/N-ethyl adjacent to an activating group) is 1. The first-order valence-corrected chi connectivity index (χ1v) is 6.32. The van der Waals surface area contributed by atoms with Crippen LogP contribution < -0.4 is 15.4 Å². The van der Waals surface area contributed by atoms with Gasteiger partial charge in [0.15, 0.2) is 0 Å². The Hall–Kier alpha value is -1.26. The van der Waals surface area contributed by atoms with Crippen molar-refractivity contribution in [3.63, 3.8) is 0 Å².